The van der Waals surface area contributed by atoms with E-state index in [0.29, 0.717) is 17.5 Å². The van der Waals surface area contributed by atoms with Gasteiger partial charge in [0, 0.05) is 43.2 Å². The summed E-state index contributed by atoms with van der Waals surface area (Å²) in [6.07, 6.45) is 0. The molecule has 0 saturated carbocycles. The molecule has 5 heteroatoms. The fourth-order valence-electron chi connectivity index (χ4n) is 5.49. The summed E-state index contributed by atoms with van der Waals surface area (Å²) in [4.78, 5) is 14.8. The Morgan fingerprint density at radius 1 is 0.475 bits per heavy atom. The highest BCUT2D eigenvalue weighted by Gasteiger charge is 2.17. The number of para-hydroxylation sites is 1. The molecule has 0 fully saturated rings. The molecule has 0 bridgehead atoms. The standard InChI is InChI=1S/C35H22N4S/c1-3-10-23(11-4-1)33-36-34(24-12-5-2-6-13-24)38-35(37-33)25-14-9-15-26(22-25)39-30-17-8-7-16-27(30)28-18-19-31-29(32(28)39)20-21-40-31/h1-22H. The zero-order chi connectivity index (χ0) is 26.5. The van der Waals surface area contributed by atoms with Gasteiger partial charge in [0.05, 0.1) is 11.0 Å². The fourth-order valence-corrected chi connectivity index (χ4v) is 6.28. The molecule has 0 saturated heterocycles. The van der Waals surface area contributed by atoms with Crippen LogP contribution in [0.5, 0.6) is 0 Å². The van der Waals surface area contributed by atoms with E-state index in [1.54, 1.807) is 11.3 Å². The van der Waals surface area contributed by atoms with Crippen molar-refractivity contribution < 1.29 is 0 Å². The molecule has 0 radical (unpaired) electrons. The second kappa shape index (κ2) is 9.26. The molecule has 3 heterocycles. The molecule has 0 N–H and O–H groups in total. The van der Waals surface area contributed by atoms with Gasteiger partial charge in [-0.15, -0.1) is 11.3 Å². The maximum atomic E-state index is 4.96. The van der Waals surface area contributed by atoms with Gasteiger partial charge in [-0.05, 0) is 35.7 Å². The Labute approximate surface area is 234 Å². The summed E-state index contributed by atoms with van der Waals surface area (Å²) in [5, 5.41) is 5.93. The van der Waals surface area contributed by atoms with Crippen molar-refractivity contribution in [2.24, 2.45) is 0 Å². The van der Waals surface area contributed by atoms with E-state index in [2.05, 4.69) is 76.7 Å². The third kappa shape index (κ3) is 3.71. The highest BCUT2D eigenvalue weighted by atomic mass is 32.1. The first kappa shape index (κ1) is 22.8. The van der Waals surface area contributed by atoms with Crippen molar-refractivity contribution in [1.29, 1.82) is 0 Å². The van der Waals surface area contributed by atoms with Crippen molar-refractivity contribution in [2.75, 3.05) is 0 Å². The van der Waals surface area contributed by atoms with Gasteiger partial charge in [0.2, 0.25) is 0 Å². The molecule has 0 aliphatic carbocycles. The smallest absolute Gasteiger partial charge is 0.164 e. The highest BCUT2D eigenvalue weighted by Crippen LogP contribution is 2.38. The summed E-state index contributed by atoms with van der Waals surface area (Å²) in [5.41, 5.74) is 6.34. The van der Waals surface area contributed by atoms with Gasteiger partial charge < -0.3 is 4.57 Å². The molecule has 4 nitrogen and oxygen atoms in total. The van der Waals surface area contributed by atoms with Gasteiger partial charge in [0.25, 0.3) is 0 Å². The molecule has 0 aliphatic rings. The minimum Gasteiger partial charge on any atom is -0.309 e. The Balaban J connectivity index is 1.37. The molecule has 0 spiro atoms. The van der Waals surface area contributed by atoms with Gasteiger partial charge in [-0.3, -0.25) is 0 Å². The Bertz CT molecular complexity index is 2100. The van der Waals surface area contributed by atoms with E-state index < -0.39 is 0 Å². The zero-order valence-electron chi connectivity index (χ0n) is 21.4. The van der Waals surface area contributed by atoms with E-state index in [4.69, 9.17) is 15.0 Å². The monoisotopic (exact) mass is 530 g/mol. The third-order valence-electron chi connectivity index (χ3n) is 7.33. The number of benzene rings is 5. The minimum atomic E-state index is 0.649. The normalized spacial score (nSPS) is 11.5. The summed E-state index contributed by atoms with van der Waals surface area (Å²) < 4.78 is 3.66. The number of fused-ring (bicyclic) bond motifs is 5. The second-order valence-electron chi connectivity index (χ2n) is 9.74. The van der Waals surface area contributed by atoms with E-state index >= 15 is 0 Å². The van der Waals surface area contributed by atoms with Crippen LogP contribution in [0.15, 0.2) is 133 Å². The molecule has 0 unspecified atom stereocenters. The number of thiophene rings is 1. The van der Waals surface area contributed by atoms with Crippen LogP contribution in [-0.4, -0.2) is 19.5 Å². The maximum absolute atomic E-state index is 4.96. The molecule has 5 aromatic carbocycles. The minimum absolute atomic E-state index is 0.649. The van der Waals surface area contributed by atoms with Gasteiger partial charge in [0.15, 0.2) is 17.5 Å². The van der Waals surface area contributed by atoms with Crippen LogP contribution in [0.25, 0.3) is 71.7 Å². The van der Waals surface area contributed by atoms with Gasteiger partial charge in [0.1, 0.15) is 0 Å². The molecule has 40 heavy (non-hydrogen) atoms. The first-order chi connectivity index (χ1) is 19.8. The Kier molecular flexibility index (Phi) is 5.28. The second-order valence-corrected chi connectivity index (χ2v) is 10.7. The first-order valence-corrected chi connectivity index (χ1v) is 14.1. The van der Waals surface area contributed by atoms with Crippen molar-refractivity contribution in [2.45, 2.75) is 0 Å². The Hall–Kier alpha value is -5.13. The fraction of sp³-hybridized carbons (Fsp3) is 0. The molecular weight excluding hydrogens is 508 g/mol. The summed E-state index contributed by atoms with van der Waals surface area (Å²) in [5.74, 6) is 1.97. The molecule has 8 aromatic rings. The number of nitrogens with zero attached hydrogens (tertiary/aromatic N) is 4. The van der Waals surface area contributed by atoms with Crippen LogP contribution >= 0.6 is 11.3 Å². The highest BCUT2D eigenvalue weighted by molar-refractivity contribution is 7.17. The number of aromatic nitrogens is 4. The summed E-state index contributed by atoms with van der Waals surface area (Å²) in [6, 6.07) is 44.1. The van der Waals surface area contributed by atoms with Crippen LogP contribution in [0.3, 0.4) is 0 Å². The van der Waals surface area contributed by atoms with Crippen LogP contribution in [0, 0.1) is 0 Å². The molecule has 0 aliphatic heterocycles. The SMILES string of the molecule is c1ccc(-c2nc(-c3ccccc3)nc(-c3cccc(-n4c5ccccc5c5ccc6sccc6c54)c3)n2)cc1. The number of rotatable bonds is 4. The van der Waals surface area contributed by atoms with Gasteiger partial charge in [-0.25, -0.2) is 15.0 Å². The summed E-state index contributed by atoms with van der Waals surface area (Å²) >= 11 is 1.77. The van der Waals surface area contributed by atoms with Crippen LogP contribution in [0.4, 0.5) is 0 Å². The molecular formula is C35H22N4S. The lowest BCUT2D eigenvalue weighted by atomic mass is 10.1. The van der Waals surface area contributed by atoms with Crippen LogP contribution < -0.4 is 0 Å². The van der Waals surface area contributed by atoms with Gasteiger partial charge in [-0.1, -0.05) is 97.1 Å². The predicted molar refractivity (Wildman–Crippen MR) is 166 cm³/mol. The van der Waals surface area contributed by atoms with Crippen LogP contribution in [0.2, 0.25) is 0 Å². The van der Waals surface area contributed by atoms with E-state index in [0.717, 1.165) is 22.4 Å². The predicted octanol–water partition coefficient (Wildman–Crippen LogP) is 9.18. The van der Waals surface area contributed by atoms with Crippen molar-refractivity contribution in [3.05, 3.63) is 133 Å². The molecule has 8 rings (SSSR count). The molecule has 3 aromatic heterocycles. The maximum Gasteiger partial charge on any atom is 0.164 e. The van der Waals surface area contributed by atoms with E-state index in [-0.39, 0.29) is 0 Å². The lowest BCUT2D eigenvalue weighted by Crippen LogP contribution is -2.01. The third-order valence-corrected chi connectivity index (χ3v) is 8.21. The van der Waals surface area contributed by atoms with E-state index in [9.17, 15) is 0 Å². The molecule has 188 valence electrons. The van der Waals surface area contributed by atoms with Crippen molar-refractivity contribution >= 4 is 43.2 Å². The largest absolute Gasteiger partial charge is 0.309 e. The zero-order valence-corrected chi connectivity index (χ0v) is 22.2. The van der Waals surface area contributed by atoms with Crippen molar-refractivity contribution in [3.8, 4) is 39.9 Å². The lowest BCUT2D eigenvalue weighted by molar-refractivity contribution is 1.07. The Morgan fingerprint density at radius 2 is 1.10 bits per heavy atom. The van der Waals surface area contributed by atoms with Crippen molar-refractivity contribution in [1.82, 2.24) is 19.5 Å². The summed E-state index contributed by atoms with van der Waals surface area (Å²) in [7, 11) is 0. The van der Waals surface area contributed by atoms with Gasteiger partial charge >= 0.3 is 0 Å². The average Bonchev–Trinajstić information content (AvgIpc) is 3.65. The quantitative estimate of drug-likeness (QED) is 0.228. The van der Waals surface area contributed by atoms with E-state index in [1.165, 1.54) is 31.9 Å². The first-order valence-electron chi connectivity index (χ1n) is 13.2. The lowest BCUT2D eigenvalue weighted by Gasteiger charge is -2.12. The van der Waals surface area contributed by atoms with E-state index in [1.807, 2.05) is 60.7 Å². The number of hydrogen-bond donors (Lipinski definition) is 0. The molecule has 0 amide bonds. The molecule has 0 atom stereocenters. The topological polar surface area (TPSA) is 43.6 Å². The Morgan fingerprint density at radius 3 is 1.82 bits per heavy atom. The number of hydrogen-bond acceptors (Lipinski definition) is 4. The van der Waals surface area contributed by atoms with Crippen LogP contribution in [-0.2, 0) is 0 Å². The van der Waals surface area contributed by atoms with Gasteiger partial charge in [-0.2, -0.15) is 0 Å². The van der Waals surface area contributed by atoms with Crippen LogP contribution in [0.1, 0.15) is 0 Å². The van der Waals surface area contributed by atoms with Crippen molar-refractivity contribution in [3.63, 3.8) is 0 Å². The summed E-state index contributed by atoms with van der Waals surface area (Å²) in [6.45, 7) is 0. The average molecular weight is 531 g/mol.